The number of carbonyl (C=O) groups is 1. The van der Waals surface area contributed by atoms with Gasteiger partial charge in [0.25, 0.3) is 0 Å². The lowest BCUT2D eigenvalue weighted by molar-refractivity contribution is -0.156. The topological polar surface area (TPSA) is 64.0 Å². The van der Waals surface area contributed by atoms with Gasteiger partial charge < -0.3 is 10.2 Å². The minimum atomic E-state index is -1.07. The highest BCUT2D eigenvalue weighted by atomic mass is 16.3. The van der Waals surface area contributed by atoms with Crippen LogP contribution in [-0.2, 0) is 16.0 Å². The van der Waals surface area contributed by atoms with Crippen molar-refractivity contribution >= 4 is 5.78 Å². The molecular formula is C33H44N2O3. The summed E-state index contributed by atoms with van der Waals surface area (Å²) >= 11 is 0. The Kier molecular flexibility index (Phi) is 7.01. The van der Waals surface area contributed by atoms with Gasteiger partial charge in [-0.1, -0.05) is 74.5 Å². The number of hydrogen-bond donors (Lipinski definition) is 2. The van der Waals surface area contributed by atoms with E-state index < -0.39 is 11.2 Å². The summed E-state index contributed by atoms with van der Waals surface area (Å²) in [5.41, 5.74) is -0.294. The van der Waals surface area contributed by atoms with Crippen molar-refractivity contribution in [1.29, 1.82) is 0 Å². The molecule has 0 aliphatic carbocycles. The van der Waals surface area contributed by atoms with Gasteiger partial charge in [-0.25, -0.2) is 0 Å². The van der Waals surface area contributed by atoms with Gasteiger partial charge in [-0.15, -0.1) is 0 Å². The maximum atomic E-state index is 14.1. The molecule has 0 amide bonds. The van der Waals surface area contributed by atoms with Crippen molar-refractivity contribution < 1.29 is 15.0 Å². The van der Waals surface area contributed by atoms with Crippen molar-refractivity contribution in [2.24, 2.45) is 11.8 Å². The molecule has 0 aromatic heterocycles. The van der Waals surface area contributed by atoms with E-state index in [0.29, 0.717) is 24.9 Å². The fourth-order valence-electron chi connectivity index (χ4n) is 8.81. The van der Waals surface area contributed by atoms with Gasteiger partial charge in [0.05, 0.1) is 12.1 Å². The van der Waals surface area contributed by atoms with Crippen molar-refractivity contribution in [1.82, 2.24) is 9.80 Å². The summed E-state index contributed by atoms with van der Waals surface area (Å²) in [5, 5.41) is 24.8. The van der Waals surface area contributed by atoms with Crippen LogP contribution in [0.15, 0.2) is 60.7 Å². The molecule has 4 fully saturated rings. The van der Waals surface area contributed by atoms with Crippen molar-refractivity contribution in [3.8, 4) is 0 Å². The number of fused-ring (bicyclic) bond motifs is 2. The number of Topliss-reactive ketones (excluding diaryl/α,β-unsaturated/α-hetero) is 1. The fraction of sp³-hybridized carbons (Fsp3) is 0.606. The lowest BCUT2D eigenvalue weighted by Crippen LogP contribution is -2.62. The molecule has 0 radical (unpaired) electrons. The molecule has 2 aromatic rings. The van der Waals surface area contributed by atoms with Crippen LogP contribution in [0.1, 0.15) is 76.3 Å². The molecule has 4 saturated heterocycles. The zero-order chi connectivity index (χ0) is 26.5. The molecule has 8 atom stereocenters. The quantitative estimate of drug-likeness (QED) is 0.574. The van der Waals surface area contributed by atoms with Crippen LogP contribution in [0.3, 0.4) is 0 Å². The van der Waals surface area contributed by atoms with E-state index in [1.54, 1.807) is 0 Å². The van der Waals surface area contributed by atoms with E-state index in [2.05, 4.69) is 23.6 Å². The Hall–Kier alpha value is -2.05. The average Bonchev–Trinajstić information content (AvgIpc) is 3.59. The van der Waals surface area contributed by atoms with Crippen molar-refractivity contribution in [3.63, 3.8) is 0 Å². The molecule has 0 spiro atoms. The number of carbonyl (C=O) groups excluding carboxylic acids is 1. The molecule has 4 heterocycles. The van der Waals surface area contributed by atoms with Gasteiger partial charge in [-0.2, -0.15) is 0 Å². The molecule has 0 bridgehead atoms. The summed E-state index contributed by atoms with van der Waals surface area (Å²) in [5.74, 6) is 0.296. The van der Waals surface area contributed by atoms with Crippen LogP contribution in [0.4, 0.5) is 0 Å². The molecule has 2 aromatic carbocycles. The first kappa shape index (κ1) is 26.2. The third-order valence-electron chi connectivity index (χ3n) is 10.7. The van der Waals surface area contributed by atoms with Gasteiger partial charge in [0, 0.05) is 24.9 Å². The lowest BCUT2D eigenvalue weighted by atomic mass is 9.67. The van der Waals surface area contributed by atoms with Gasteiger partial charge in [0.15, 0.2) is 0 Å². The first-order valence-electron chi connectivity index (χ1n) is 14.9. The van der Waals surface area contributed by atoms with Crippen LogP contribution in [0.2, 0.25) is 0 Å². The Morgan fingerprint density at radius 1 is 0.737 bits per heavy atom. The molecular weight excluding hydrogens is 472 g/mol. The smallest absolute Gasteiger partial charge is 0.136 e. The van der Waals surface area contributed by atoms with Crippen molar-refractivity contribution in [2.75, 3.05) is 13.1 Å². The van der Waals surface area contributed by atoms with E-state index in [-0.39, 0.29) is 29.7 Å². The molecule has 2 N–H and O–H groups in total. The summed E-state index contributed by atoms with van der Waals surface area (Å²) in [6, 6.07) is 20.4. The molecule has 4 aliphatic heterocycles. The van der Waals surface area contributed by atoms with Crippen LogP contribution in [-0.4, -0.2) is 63.1 Å². The van der Waals surface area contributed by atoms with E-state index in [9.17, 15) is 15.0 Å². The predicted octanol–water partition coefficient (Wildman–Crippen LogP) is 4.86. The number of rotatable bonds is 6. The first-order valence-corrected chi connectivity index (χ1v) is 14.9. The summed E-state index contributed by atoms with van der Waals surface area (Å²) in [6.07, 6.45) is 7.08. The summed E-state index contributed by atoms with van der Waals surface area (Å²) < 4.78 is 0. The van der Waals surface area contributed by atoms with Crippen LogP contribution in [0.25, 0.3) is 0 Å². The normalized spacial score (nSPS) is 39.6. The fourth-order valence-corrected chi connectivity index (χ4v) is 8.81. The van der Waals surface area contributed by atoms with Crippen LogP contribution in [0.5, 0.6) is 0 Å². The third kappa shape index (κ3) is 4.18. The predicted molar refractivity (Wildman–Crippen MR) is 150 cm³/mol. The molecule has 0 unspecified atom stereocenters. The molecule has 38 heavy (non-hydrogen) atoms. The zero-order valence-electron chi connectivity index (χ0n) is 23.0. The summed E-state index contributed by atoms with van der Waals surface area (Å²) in [7, 11) is 0. The maximum Gasteiger partial charge on any atom is 0.136 e. The SMILES string of the molecule is C[C@H]1C[C@H]2CCCN2[C@@H](CC(=O)C[C@@H]2N3CCC[C@@H]3C[C@H](C)[C@@]2(O)c2ccccc2)[C@]1(O)c1ccccc1. The number of piperidine rings is 2. The Morgan fingerprint density at radius 3 is 1.53 bits per heavy atom. The monoisotopic (exact) mass is 516 g/mol. The van der Waals surface area contributed by atoms with Gasteiger partial charge in [0.2, 0.25) is 0 Å². The Bertz CT molecular complexity index is 1040. The number of benzene rings is 2. The average molecular weight is 517 g/mol. The second-order valence-electron chi connectivity index (χ2n) is 12.7. The summed E-state index contributed by atoms with van der Waals surface area (Å²) in [4.78, 5) is 19.0. The van der Waals surface area contributed by atoms with Crippen molar-refractivity contribution in [3.05, 3.63) is 71.8 Å². The van der Waals surface area contributed by atoms with E-state index in [1.165, 1.54) is 0 Å². The van der Waals surface area contributed by atoms with Gasteiger partial charge in [-0.3, -0.25) is 14.6 Å². The maximum absolute atomic E-state index is 14.1. The molecule has 204 valence electrons. The van der Waals surface area contributed by atoms with Gasteiger partial charge in [0.1, 0.15) is 17.0 Å². The highest BCUT2D eigenvalue weighted by Gasteiger charge is 2.56. The van der Waals surface area contributed by atoms with E-state index in [4.69, 9.17) is 0 Å². The minimum Gasteiger partial charge on any atom is -0.383 e. The summed E-state index contributed by atoms with van der Waals surface area (Å²) in [6.45, 7) is 6.19. The lowest BCUT2D eigenvalue weighted by Gasteiger charge is -2.54. The second-order valence-corrected chi connectivity index (χ2v) is 12.7. The van der Waals surface area contributed by atoms with E-state index >= 15 is 0 Å². The standard InChI is InChI=1S/C33H44N2O3/c1-23-19-27-15-9-17-34(27)30(32(23,37)25-11-5-3-6-12-25)21-29(36)22-31-33(38,26-13-7-4-8-14-26)24(2)20-28-16-10-18-35(28)31/h3-8,11-14,23-24,27-28,30-31,37-38H,9-10,15-22H2,1-2H3/t23-,24-,27+,28+,30-,31-,32+,33+/m0/s1. The molecule has 5 heteroatoms. The van der Waals surface area contributed by atoms with E-state index in [1.807, 2.05) is 60.7 Å². The van der Waals surface area contributed by atoms with Crippen LogP contribution in [0, 0.1) is 11.8 Å². The number of ketones is 1. The third-order valence-corrected chi connectivity index (χ3v) is 10.7. The molecule has 4 aliphatic rings. The molecule has 0 saturated carbocycles. The Balaban J connectivity index is 1.32. The van der Waals surface area contributed by atoms with E-state index in [0.717, 1.165) is 62.7 Å². The number of hydrogen-bond acceptors (Lipinski definition) is 5. The van der Waals surface area contributed by atoms with Gasteiger partial charge in [-0.05, 0) is 74.6 Å². The Labute approximate surface area is 227 Å². The number of nitrogens with zero attached hydrogens (tertiary/aromatic N) is 2. The largest absolute Gasteiger partial charge is 0.383 e. The minimum absolute atomic E-state index is 0.0703. The Morgan fingerprint density at radius 2 is 1.13 bits per heavy atom. The highest BCUT2D eigenvalue weighted by molar-refractivity contribution is 5.80. The van der Waals surface area contributed by atoms with Crippen LogP contribution >= 0.6 is 0 Å². The second kappa shape index (κ2) is 10.2. The van der Waals surface area contributed by atoms with Crippen molar-refractivity contribution in [2.45, 2.75) is 101 Å². The molecule has 5 nitrogen and oxygen atoms in total. The zero-order valence-corrected chi connectivity index (χ0v) is 23.0. The van der Waals surface area contributed by atoms with Gasteiger partial charge >= 0.3 is 0 Å². The highest BCUT2D eigenvalue weighted by Crippen LogP contribution is 2.50. The molecule has 6 rings (SSSR count). The number of aliphatic hydroxyl groups is 2. The van der Waals surface area contributed by atoms with Crippen LogP contribution < -0.4 is 0 Å². The first-order chi connectivity index (χ1) is 18.3.